The molecule has 0 bridgehead atoms. The topological polar surface area (TPSA) is 45.2 Å². The molecule has 156 valence electrons. The summed E-state index contributed by atoms with van der Waals surface area (Å²) in [5, 5.41) is 3.87. The zero-order valence-corrected chi connectivity index (χ0v) is 17.1. The number of nitrogens with zero attached hydrogens (tertiary/aromatic N) is 2. The molecule has 1 saturated carbocycles. The van der Waals surface area contributed by atoms with E-state index in [-0.39, 0.29) is 18.3 Å². The van der Waals surface area contributed by atoms with E-state index < -0.39 is 17.7 Å². The summed E-state index contributed by atoms with van der Waals surface area (Å²) in [5.74, 6) is -1.50. The van der Waals surface area contributed by atoms with Crippen molar-refractivity contribution in [1.82, 2.24) is 9.88 Å². The summed E-state index contributed by atoms with van der Waals surface area (Å²) in [6.07, 6.45) is 4.94. The third kappa shape index (κ3) is 4.54. The Morgan fingerprint density at radius 3 is 2.63 bits per heavy atom. The highest BCUT2D eigenvalue weighted by Crippen LogP contribution is 2.28. The van der Waals surface area contributed by atoms with Crippen LogP contribution in [0, 0.1) is 11.6 Å². The molecule has 0 aliphatic heterocycles. The molecule has 0 radical (unpaired) electrons. The van der Waals surface area contributed by atoms with Crippen molar-refractivity contribution in [3.8, 4) is 0 Å². The van der Waals surface area contributed by atoms with Crippen LogP contribution < -0.4 is 5.32 Å². The monoisotopic (exact) mass is 429 g/mol. The molecule has 1 N–H and O–H groups in total. The predicted molar refractivity (Wildman–Crippen MR) is 115 cm³/mol. The number of nitrogens with one attached hydrogen (secondary N) is 1. The molecule has 30 heavy (non-hydrogen) atoms. The number of hydrogen-bond donors (Lipinski definition) is 1. The van der Waals surface area contributed by atoms with E-state index in [2.05, 4.69) is 10.3 Å². The molecule has 1 heterocycles. The second-order valence-electron chi connectivity index (χ2n) is 7.61. The number of carbonyl (C=O) groups is 1. The lowest BCUT2D eigenvalue weighted by atomic mass is 9.94. The summed E-state index contributed by atoms with van der Waals surface area (Å²) in [6, 6.07) is 12.3. The molecule has 0 spiro atoms. The van der Waals surface area contributed by atoms with Crippen molar-refractivity contribution in [2.75, 3.05) is 5.32 Å². The standard InChI is InChI=1S/C23H22ClF2N3O/c24-22-16(12-15-6-4-5-9-20(15)27-22)14-29(18-7-2-1-3-8-18)23(30)28-21-11-10-17(25)13-19(21)26/h4-6,9-13,18H,1-3,7-8,14H2,(H,28,30). The number of urea groups is 1. The number of amides is 2. The van der Waals surface area contributed by atoms with Gasteiger partial charge in [0.15, 0.2) is 0 Å². The van der Waals surface area contributed by atoms with Gasteiger partial charge in [-0.3, -0.25) is 0 Å². The van der Waals surface area contributed by atoms with E-state index in [1.807, 2.05) is 30.3 Å². The van der Waals surface area contributed by atoms with Crippen LogP contribution in [0.25, 0.3) is 10.9 Å². The lowest BCUT2D eigenvalue weighted by Gasteiger charge is -2.34. The maximum Gasteiger partial charge on any atom is 0.322 e. The van der Waals surface area contributed by atoms with E-state index in [0.29, 0.717) is 5.15 Å². The second kappa shape index (κ2) is 8.96. The first-order chi connectivity index (χ1) is 14.5. The van der Waals surface area contributed by atoms with E-state index >= 15 is 0 Å². The molecule has 1 aromatic heterocycles. The van der Waals surface area contributed by atoms with Crippen molar-refractivity contribution < 1.29 is 13.6 Å². The summed E-state index contributed by atoms with van der Waals surface area (Å²) in [5.41, 5.74) is 1.47. The molecule has 2 aromatic carbocycles. The van der Waals surface area contributed by atoms with Crippen molar-refractivity contribution in [2.24, 2.45) is 0 Å². The highest BCUT2D eigenvalue weighted by atomic mass is 35.5. The van der Waals surface area contributed by atoms with Gasteiger partial charge in [-0.1, -0.05) is 49.1 Å². The number of hydrogen-bond acceptors (Lipinski definition) is 2. The third-order valence-electron chi connectivity index (χ3n) is 5.54. The second-order valence-corrected chi connectivity index (χ2v) is 7.96. The maximum absolute atomic E-state index is 14.1. The number of aromatic nitrogens is 1. The first-order valence-corrected chi connectivity index (χ1v) is 10.5. The molecule has 1 fully saturated rings. The van der Waals surface area contributed by atoms with Gasteiger partial charge in [-0.05, 0) is 37.1 Å². The SMILES string of the molecule is O=C(Nc1ccc(F)cc1F)N(Cc1cc2ccccc2nc1Cl)C1CCCCC1. The van der Waals surface area contributed by atoms with Crippen LogP contribution in [0.4, 0.5) is 19.3 Å². The third-order valence-corrected chi connectivity index (χ3v) is 5.87. The Morgan fingerprint density at radius 2 is 1.87 bits per heavy atom. The Balaban J connectivity index is 1.62. The van der Waals surface area contributed by atoms with Crippen molar-refractivity contribution in [2.45, 2.75) is 44.7 Å². The average molecular weight is 430 g/mol. The number of pyridine rings is 1. The number of rotatable bonds is 4. The lowest BCUT2D eigenvalue weighted by Crippen LogP contribution is -2.43. The fourth-order valence-corrected chi connectivity index (χ4v) is 4.17. The van der Waals surface area contributed by atoms with Gasteiger partial charge >= 0.3 is 6.03 Å². The van der Waals surface area contributed by atoms with Crippen LogP contribution >= 0.6 is 11.6 Å². The smallest absolute Gasteiger partial charge is 0.317 e. The Morgan fingerprint density at radius 1 is 1.10 bits per heavy atom. The van der Waals surface area contributed by atoms with Gasteiger partial charge in [-0.2, -0.15) is 0 Å². The van der Waals surface area contributed by atoms with Crippen molar-refractivity contribution in [3.63, 3.8) is 0 Å². The molecular formula is C23H22ClF2N3O. The lowest BCUT2D eigenvalue weighted by molar-refractivity contribution is 0.162. The Bertz CT molecular complexity index is 1070. The van der Waals surface area contributed by atoms with Crippen molar-refractivity contribution in [3.05, 3.63) is 70.9 Å². The molecule has 0 unspecified atom stereocenters. The largest absolute Gasteiger partial charge is 0.322 e. The highest BCUT2D eigenvalue weighted by molar-refractivity contribution is 6.30. The Hall–Kier alpha value is -2.73. The normalized spacial score (nSPS) is 14.6. The Labute approximate surface area is 178 Å². The van der Waals surface area contributed by atoms with Gasteiger partial charge < -0.3 is 10.2 Å². The average Bonchev–Trinajstić information content (AvgIpc) is 2.74. The van der Waals surface area contributed by atoms with Crippen LogP contribution in [0.15, 0.2) is 48.5 Å². The Kier molecular flexibility index (Phi) is 6.13. The molecule has 2 amide bonds. The minimum atomic E-state index is -0.808. The number of fused-ring (bicyclic) bond motifs is 1. The van der Waals surface area contributed by atoms with Crippen LogP contribution in [0.1, 0.15) is 37.7 Å². The van der Waals surface area contributed by atoms with Crippen LogP contribution in [0.2, 0.25) is 5.15 Å². The zero-order chi connectivity index (χ0) is 21.1. The number of anilines is 1. The van der Waals surface area contributed by atoms with Gasteiger partial charge in [0.25, 0.3) is 0 Å². The summed E-state index contributed by atoms with van der Waals surface area (Å²) in [7, 11) is 0. The highest BCUT2D eigenvalue weighted by Gasteiger charge is 2.27. The van der Waals surface area contributed by atoms with Crippen LogP contribution in [0.3, 0.4) is 0 Å². The fraction of sp³-hybridized carbons (Fsp3) is 0.304. The molecule has 0 atom stereocenters. The molecule has 0 saturated heterocycles. The zero-order valence-electron chi connectivity index (χ0n) is 16.4. The van der Waals surface area contributed by atoms with Gasteiger partial charge in [0.1, 0.15) is 16.8 Å². The molecule has 7 heteroatoms. The minimum Gasteiger partial charge on any atom is -0.317 e. The molecule has 4 rings (SSSR count). The first-order valence-electron chi connectivity index (χ1n) is 10.1. The fourth-order valence-electron chi connectivity index (χ4n) is 3.97. The summed E-state index contributed by atoms with van der Waals surface area (Å²) in [4.78, 5) is 19.3. The summed E-state index contributed by atoms with van der Waals surface area (Å²) >= 11 is 6.42. The minimum absolute atomic E-state index is 0.0183. The van der Waals surface area contributed by atoms with Crippen molar-refractivity contribution in [1.29, 1.82) is 0 Å². The summed E-state index contributed by atoms with van der Waals surface area (Å²) in [6.45, 7) is 0.260. The first kappa shape index (κ1) is 20.5. The van der Waals surface area contributed by atoms with E-state index in [9.17, 15) is 13.6 Å². The molecule has 4 nitrogen and oxygen atoms in total. The predicted octanol–water partition coefficient (Wildman–Crippen LogP) is 6.53. The van der Waals surface area contributed by atoms with E-state index in [1.165, 1.54) is 6.07 Å². The van der Waals surface area contributed by atoms with Crippen LogP contribution in [-0.4, -0.2) is 22.0 Å². The van der Waals surface area contributed by atoms with Gasteiger partial charge in [-0.15, -0.1) is 0 Å². The van der Waals surface area contributed by atoms with E-state index in [0.717, 1.165) is 60.7 Å². The van der Waals surface area contributed by atoms with Crippen LogP contribution in [-0.2, 0) is 6.54 Å². The number of carbonyl (C=O) groups excluding carboxylic acids is 1. The van der Waals surface area contributed by atoms with Gasteiger partial charge in [0.2, 0.25) is 0 Å². The van der Waals surface area contributed by atoms with Gasteiger partial charge in [-0.25, -0.2) is 18.6 Å². The molecule has 1 aliphatic carbocycles. The molecule has 1 aliphatic rings. The van der Waals surface area contributed by atoms with Crippen LogP contribution in [0.5, 0.6) is 0 Å². The molecular weight excluding hydrogens is 408 g/mol. The quantitative estimate of drug-likeness (QED) is 0.479. The molecule has 3 aromatic rings. The maximum atomic E-state index is 14.1. The number of halogens is 3. The number of para-hydroxylation sites is 1. The van der Waals surface area contributed by atoms with E-state index in [4.69, 9.17) is 11.6 Å². The van der Waals surface area contributed by atoms with Gasteiger partial charge in [0.05, 0.1) is 17.7 Å². The number of benzene rings is 2. The van der Waals surface area contributed by atoms with Crippen molar-refractivity contribution >= 4 is 34.2 Å². The van der Waals surface area contributed by atoms with E-state index in [1.54, 1.807) is 4.90 Å². The summed E-state index contributed by atoms with van der Waals surface area (Å²) < 4.78 is 27.3. The van der Waals surface area contributed by atoms with Gasteiger partial charge in [0, 0.05) is 23.1 Å².